The first-order valence-corrected chi connectivity index (χ1v) is 31.9. The highest BCUT2D eigenvalue weighted by Crippen LogP contribution is 2.27. The van der Waals surface area contributed by atoms with Gasteiger partial charge in [0.2, 0.25) is 0 Å². The van der Waals surface area contributed by atoms with Crippen LogP contribution in [0.5, 0.6) is 0 Å². The minimum absolute atomic E-state index is 0.0995. The molecule has 3 nitrogen and oxygen atoms in total. The molecule has 0 aromatic heterocycles. The van der Waals surface area contributed by atoms with Crippen molar-refractivity contribution in [2.24, 2.45) is 11.8 Å². The smallest absolute Gasteiger partial charge is 0.258 e. The van der Waals surface area contributed by atoms with Crippen molar-refractivity contribution in [1.82, 2.24) is 0 Å². The Morgan fingerprint density at radius 1 is 0.278 bits per heavy atom. The highest BCUT2D eigenvalue weighted by atomic mass is 19.2. The molecule has 1 aliphatic carbocycles. The van der Waals surface area contributed by atoms with Crippen LogP contribution >= 0.6 is 0 Å². The fraction of sp³-hybridized carbons (Fsp3) is 0.262. The Bertz CT molecular complexity index is 4000. The highest BCUT2D eigenvalue weighted by molar-refractivity contribution is 5.85. The molecule has 0 spiro atoms. The molecule has 11 aromatic rings. The van der Waals surface area contributed by atoms with Gasteiger partial charge in [-0.25, -0.2) is 43.9 Å². The second-order valence-corrected chi connectivity index (χ2v) is 24.7. The zero-order valence-corrected chi connectivity index (χ0v) is 58.6. The molecule has 12 rings (SSSR count). The third-order valence-electron chi connectivity index (χ3n) is 15.3. The Morgan fingerprint density at radius 3 is 0.938 bits per heavy atom. The molecule has 13 heteroatoms. The van der Waals surface area contributed by atoms with Crippen LogP contribution < -0.4 is 0 Å². The predicted molar refractivity (Wildman–Crippen MR) is 382 cm³/mol. The van der Waals surface area contributed by atoms with E-state index in [0.717, 1.165) is 63.7 Å². The molecule has 97 heavy (non-hydrogen) atoms. The van der Waals surface area contributed by atoms with Gasteiger partial charge in [-0.05, 0) is 211 Å². The lowest BCUT2D eigenvalue weighted by molar-refractivity contribution is -0.384. The summed E-state index contributed by atoms with van der Waals surface area (Å²) in [4.78, 5) is 9.59. The van der Waals surface area contributed by atoms with Crippen molar-refractivity contribution in [1.29, 1.82) is 0 Å². The molecular formula is C84H91F10NO2. The molecule has 0 atom stereocenters. The maximum absolute atomic E-state index is 13.5. The molecule has 0 radical (unpaired) electrons. The largest absolute Gasteiger partial charge is 0.269 e. The third-order valence-corrected chi connectivity index (χ3v) is 15.3. The number of fused-ring (bicyclic) bond motifs is 2. The Labute approximate surface area is 568 Å². The summed E-state index contributed by atoms with van der Waals surface area (Å²) in [6.07, 6.45) is 5.89. The predicted octanol–water partition coefficient (Wildman–Crippen LogP) is 25.9. The van der Waals surface area contributed by atoms with Crippen LogP contribution in [0.3, 0.4) is 0 Å². The van der Waals surface area contributed by atoms with E-state index in [9.17, 15) is 54.0 Å². The van der Waals surface area contributed by atoms with E-state index in [1.54, 1.807) is 70.2 Å². The summed E-state index contributed by atoms with van der Waals surface area (Å²) < 4.78 is 125. The lowest BCUT2D eigenvalue weighted by Gasteiger charge is -2.22. The quantitative estimate of drug-likeness (QED) is 0.0711. The fourth-order valence-electron chi connectivity index (χ4n) is 9.04. The van der Waals surface area contributed by atoms with Crippen LogP contribution in [0.1, 0.15) is 117 Å². The van der Waals surface area contributed by atoms with Crippen LogP contribution in [0, 0.1) is 177 Å². The number of hydrogen-bond acceptors (Lipinski definition) is 2. The molecular weight excluding hydrogens is 1240 g/mol. The minimum Gasteiger partial charge on any atom is -0.258 e. The number of hydrogen-bond donors (Lipinski definition) is 0. The molecule has 0 unspecified atom stereocenters. The van der Waals surface area contributed by atoms with Gasteiger partial charge in [0.25, 0.3) is 5.69 Å². The molecule has 0 N–H and O–H groups in total. The molecule has 1 fully saturated rings. The molecule has 0 heterocycles. The molecule has 1 aliphatic rings. The average molecular weight is 1340 g/mol. The summed E-state index contributed by atoms with van der Waals surface area (Å²) in [5.74, 6) is -5.03. The first-order valence-electron chi connectivity index (χ1n) is 31.9. The first-order chi connectivity index (χ1) is 45.6. The van der Waals surface area contributed by atoms with Gasteiger partial charge in [0.15, 0.2) is 40.7 Å². The monoisotopic (exact) mass is 1340 g/mol. The van der Waals surface area contributed by atoms with E-state index in [2.05, 4.69) is 102 Å². The van der Waals surface area contributed by atoms with Crippen molar-refractivity contribution < 1.29 is 48.8 Å². The molecule has 0 saturated heterocycles. The van der Waals surface area contributed by atoms with Gasteiger partial charge in [-0.15, -0.1) is 0 Å². The van der Waals surface area contributed by atoms with E-state index < -0.39 is 45.6 Å². The van der Waals surface area contributed by atoms with Gasteiger partial charge in [-0.2, -0.15) is 0 Å². The number of para-hydroxylation sites is 1. The van der Waals surface area contributed by atoms with E-state index in [0.29, 0.717) is 38.8 Å². The minimum atomic E-state index is -1.41. The summed E-state index contributed by atoms with van der Waals surface area (Å²) in [7, 11) is 0. The number of benzene rings is 11. The Morgan fingerprint density at radius 2 is 0.577 bits per heavy atom. The first kappa shape index (κ1) is 81.9. The second-order valence-electron chi connectivity index (χ2n) is 24.7. The number of nitrogens with zero attached hydrogens (tertiary/aromatic N) is 1. The standard InChI is InChI=1S/C12H11F.C12H12.C8H8F2.2C8H9F.C8H16.C8H10.C7H5F3.C7H6F2.C6H5NO2/c1-8-3-6-11-10(7-8)5-4-9(2)12(11)13;1-9-3-5-12-8-10(2)4-6-11(12)7-9;1-5-3-4-6(2)8(10)7(5)9;2*1-6-3-4-7(2)8(9)5-6;2*1-7-3-5-8(2)6-4-7;1-4-2-5(8)7(10)6(9)3-4;1-5-2-3-6(8)7(9)4-5;8-7(9)6-4-2-1-3-5-6/h3-7H,1-2H3;3-8H,1-2H3;3-4H,1-2H3;2*3-5H,1-2H3;7-8H,3-6H2,1-2H3;3-6H,1-2H3;2-3H,1H3;2-4H,1H3;1-5H. The Kier molecular flexibility index (Phi) is 35.1. The SMILES string of the molecule is CC1CCC(C)CC1.Cc1cc(F)c(F)c(F)c1.Cc1ccc(C)c(F)c1.Cc1ccc(C)c(F)c1.Cc1ccc(C)c(F)c1F.Cc1ccc(C)cc1.Cc1ccc(F)c(F)c1.Cc1ccc2c(F)c(C)ccc2c1.Cc1ccc2cc(C)ccc2c1.O=[N+]([O-])c1ccccc1. The van der Waals surface area contributed by atoms with Crippen LogP contribution in [0.15, 0.2) is 200 Å². The van der Waals surface area contributed by atoms with Gasteiger partial charge in [-0.3, -0.25) is 10.1 Å². The van der Waals surface area contributed by atoms with Crippen LogP contribution in [-0.4, -0.2) is 4.92 Å². The summed E-state index contributed by atoms with van der Waals surface area (Å²) in [6.45, 7) is 30.5. The molecule has 1 saturated carbocycles. The highest BCUT2D eigenvalue weighted by Gasteiger charge is 2.13. The average Bonchev–Trinajstić information content (AvgIpc) is 0.870. The number of rotatable bonds is 1. The van der Waals surface area contributed by atoms with Gasteiger partial charge in [-0.1, -0.05) is 219 Å². The Hall–Kier alpha value is -9.36. The molecule has 0 amide bonds. The number of non-ortho nitro benzene ring substituents is 1. The van der Waals surface area contributed by atoms with Crippen molar-refractivity contribution in [2.75, 3.05) is 0 Å². The van der Waals surface area contributed by atoms with Crippen LogP contribution in [0.2, 0.25) is 0 Å². The van der Waals surface area contributed by atoms with E-state index in [1.165, 1.54) is 110 Å². The number of nitro groups is 1. The lowest BCUT2D eigenvalue weighted by atomic mass is 9.84. The number of nitro benzene ring substituents is 1. The topological polar surface area (TPSA) is 43.1 Å². The second kappa shape index (κ2) is 41.6. The van der Waals surface area contributed by atoms with Crippen molar-refractivity contribution in [3.8, 4) is 0 Å². The summed E-state index contributed by atoms with van der Waals surface area (Å²) in [6, 6.07) is 58.3. The van der Waals surface area contributed by atoms with Crippen molar-refractivity contribution in [3.63, 3.8) is 0 Å². The molecule has 0 bridgehead atoms. The summed E-state index contributed by atoms with van der Waals surface area (Å²) >= 11 is 0. The third kappa shape index (κ3) is 30.5. The van der Waals surface area contributed by atoms with Crippen LogP contribution in [0.4, 0.5) is 49.6 Å². The van der Waals surface area contributed by atoms with Crippen molar-refractivity contribution >= 4 is 27.2 Å². The van der Waals surface area contributed by atoms with Gasteiger partial charge < -0.3 is 0 Å². The van der Waals surface area contributed by atoms with Gasteiger partial charge in [0.1, 0.15) is 17.5 Å². The summed E-state index contributed by atoms with van der Waals surface area (Å²) in [5.41, 5.74) is 12.5. The number of aryl methyl sites for hydroxylation is 14. The molecule has 11 aromatic carbocycles. The van der Waals surface area contributed by atoms with Gasteiger partial charge in [0, 0.05) is 17.5 Å². The maximum atomic E-state index is 13.5. The fourth-order valence-corrected chi connectivity index (χ4v) is 9.04. The normalized spacial score (nSPS) is 12.4. The molecule has 514 valence electrons. The van der Waals surface area contributed by atoms with Crippen LogP contribution in [0.25, 0.3) is 21.5 Å². The molecule has 0 aliphatic heterocycles. The van der Waals surface area contributed by atoms with Crippen molar-refractivity contribution in [2.45, 2.75) is 136 Å². The van der Waals surface area contributed by atoms with E-state index in [-0.39, 0.29) is 23.1 Å². The van der Waals surface area contributed by atoms with Crippen LogP contribution in [-0.2, 0) is 0 Å². The zero-order chi connectivity index (χ0) is 72.6. The van der Waals surface area contributed by atoms with Gasteiger partial charge in [0.05, 0.1) is 4.92 Å². The van der Waals surface area contributed by atoms with E-state index in [1.807, 2.05) is 63.2 Å². The maximum Gasteiger partial charge on any atom is 0.269 e. The summed E-state index contributed by atoms with van der Waals surface area (Å²) in [5, 5.41) is 14.4. The van der Waals surface area contributed by atoms with Gasteiger partial charge >= 0.3 is 0 Å². The lowest BCUT2D eigenvalue weighted by Crippen LogP contribution is -2.08. The Balaban J connectivity index is 0.000000282. The van der Waals surface area contributed by atoms with E-state index >= 15 is 0 Å². The van der Waals surface area contributed by atoms with Crippen molar-refractivity contribution in [3.05, 3.63) is 346 Å². The zero-order valence-electron chi connectivity index (χ0n) is 58.6. The number of halogens is 10. The van der Waals surface area contributed by atoms with E-state index in [4.69, 9.17) is 0 Å².